The highest BCUT2D eigenvalue weighted by molar-refractivity contribution is 5.94. The summed E-state index contributed by atoms with van der Waals surface area (Å²) >= 11 is 0. The summed E-state index contributed by atoms with van der Waals surface area (Å²) < 4.78 is 0. The molecule has 1 atom stereocenters. The zero-order valence-corrected chi connectivity index (χ0v) is 8.67. The Hall–Kier alpha value is -1.88. The quantitative estimate of drug-likeness (QED) is 0.709. The molecule has 1 unspecified atom stereocenters. The summed E-state index contributed by atoms with van der Waals surface area (Å²) in [6, 6.07) is 3.82. The van der Waals surface area contributed by atoms with E-state index in [-0.39, 0.29) is 17.5 Å². The summed E-state index contributed by atoms with van der Waals surface area (Å²) in [4.78, 5) is 21.5. The second-order valence-corrected chi connectivity index (χ2v) is 3.58. The van der Waals surface area contributed by atoms with Crippen molar-refractivity contribution in [3.8, 4) is 0 Å². The van der Waals surface area contributed by atoms with Crippen LogP contribution in [0.3, 0.4) is 0 Å². The lowest BCUT2D eigenvalue weighted by Crippen LogP contribution is -2.08. The van der Waals surface area contributed by atoms with Crippen LogP contribution in [0.4, 0.5) is 0 Å². The number of aliphatic hydroxyl groups is 1. The number of aliphatic hydroxyl groups excluding tert-OH is 1. The van der Waals surface area contributed by atoms with Crippen molar-refractivity contribution in [1.82, 2.24) is 0 Å². The number of benzene rings is 1. The molecular weight excluding hydrogens is 212 g/mol. The third kappa shape index (κ3) is 3.06. The first kappa shape index (κ1) is 12.2. The van der Waals surface area contributed by atoms with Gasteiger partial charge in [-0.2, -0.15) is 0 Å². The van der Waals surface area contributed by atoms with Gasteiger partial charge in [0, 0.05) is 0 Å². The number of carboxylic acid groups (broad SMARTS) is 2. The number of hydrogen-bond acceptors (Lipinski definition) is 3. The molecule has 16 heavy (non-hydrogen) atoms. The van der Waals surface area contributed by atoms with E-state index in [2.05, 4.69) is 0 Å². The highest BCUT2D eigenvalue weighted by Crippen LogP contribution is 2.13. The summed E-state index contributed by atoms with van der Waals surface area (Å²) in [6.45, 7) is 1.55. The molecule has 0 amide bonds. The van der Waals surface area contributed by atoms with Crippen molar-refractivity contribution in [2.75, 3.05) is 0 Å². The van der Waals surface area contributed by atoms with Crippen molar-refractivity contribution < 1.29 is 24.9 Å². The maximum absolute atomic E-state index is 10.8. The van der Waals surface area contributed by atoms with E-state index in [0.29, 0.717) is 5.56 Å². The first-order valence-corrected chi connectivity index (χ1v) is 4.68. The van der Waals surface area contributed by atoms with Gasteiger partial charge >= 0.3 is 11.9 Å². The maximum Gasteiger partial charge on any atom is 0.335 e. The van der Waals surface area contributed by atoms with Crippen LogP contribution in [-0.4, -0.2) is 33.4 Å². The lowest BCUT2D eigenvalue weighted by atomic mass is 10.0. The van der Waals surface area contributed by atoms with Gasteiger partial charge in [-0.05, 0) is 37.1 Å². The van der Waals surface area contributed by atoms with Gasteiger partial charge < -0.3 is 15.3 Å². The molecule has 5 nitrogen and oxygen atoms in total. The number of carbonyl (C=O) groups is 2. The smallest absolute Gasteiger partial charge is 0.335 e. The Morgan fingerprint density at radius 1 is 1.12 bits per heavy atom. The van der Waals surface area contributed by atoms with Crippen molar-refractivity contribution in [1.29, 1.82) is 0 Å². The van der Waals surface area contributed by atoms with Crippen LogP contribution in [-0.2, 0) is 6.42 Å². The summed E-state index contributed by atoms with van der Waals surface area (Å²) in [5.41, 5.74) is 0.318. The Bertz CT molecular complexity index is 390. The van der Waals surface area contributed by atoms with E-state index in [9.17, 15) is 9.59 Å². The van der Waals surface area contributed by atoms with Gasteiger partial charge in [-0.25, -0.2) is 9.59 Å². The molecule has 0 aliphatic carbocycles. The highest BCUT2D eigenvalue weighted by atomic mass is 16.4. The summed E-state index contributed by atoms with van der Waals surface area (Å²) in [6.07, 6.45) is -0.424. The van der Waals surface area contributed by atoms with Gasteiger partial charge in [-0.1, -0.05) is 0 Å². The molecule has 0 aliphatic rings. The normalized spacial score (nSPS) is 12.1. The summed E-state index contributed by atoms with van der Waals surface area (Å²) in [5, 5.41) is 26.8. The van der Waals surface area contributed by atoms with Crippen LogP contribution in [0.5, 0.6) is 0 Å². The van der Waals surface area contributed by atoms with E-state index in [1.807, 2.05) is 0 Å². The molecule has 0 radical (unpaired) electrons. The Kier molecular flexibility index (Phi) is 3.63. The number of aromatic carboxylic acids is 2. The Labute approximate surface area is 92.0 Å². The first-order chi connectivity index (χ1) is 7.40. The first-order valence-electron chi connectivity index (χ1n) is 4.68. The zero-order valence-electron chi connectivity index (χ0n) is 8.67. The average Bonchev–Trinajstić information content (AvgIpc) is 2.15. The van der Waals surface area contributed by atoms with Gasteiger partial charge in [-0.15, -0.1) is 0 Å². The lowest BCUT2D eigenvalue weighted by Gasteiger charge is -2.07. The Morgan fingerprint density at radius 3 is 1.88 bits per heavy atom. The molecule has 0 bridgehead atoms. The number of rotatable bonds is 4. The zero-order chi connectivity index (χ0) is 12.3. The second-order valence-electron chi connectivity index (χ2n) is 3.58. The number of hydrogen-bond donors (Lipinski definition) is 3. The molecule has 1 aromatic rings. The fraction of sp³-hybridized carbons (Fsp3) is 0.273. The van der Waals surface area contributed by atoms with Crippen LogP contribution >= 0.6 is 0 Å². The fourth-order valence-corrected chi connectivity index (χ4v) is 1.40. The molecule has 1 aromatic carbocycles. The molecule has 0 saturated carbocycles. The number of carboxylic acids is 2. The Morgan fingerprint density at radius 2 is 1.56 bits per heavy atom. The van der Waals surface area contributed by atoms with Gasteiger partial charge in [0.1, 0.15) is 0 Å². The molecule has 3 N–H and O–H groups in total. The van der Waals surface area contributed by atoms with E-state index < -0.39 is 18.0 Å². The lowest BCUT2D eigenvalue weighted by molar-refractivity contribution is 0.0696. The molecule has 0 spiro atoms. The largest absolute Gasteiger partial charge is 0.478 e. The Balaban J connectivity index is 3.18. The van der Waals surface area contributed by atoms with E-state index in [4.69, 9.17) is 15.3 Å². The van der Waals surface area contributed by atoms with E-state index >= 15 is 0 Å². The molecular formula is C11H12O5. The third-order valence-corrected chi connectivity index (χ3v) is 2.02. The van der Waals surface area contributed by atoms with E-state index in [1.54, 1.807) is 6.92 Å². The van der Waals surface area contributed by atoms with E-state index in [1.165, 1.54) is 12.1 Å². The van der Waals surface area contributed by atoms with Crippen LogP contribution in [0, 0.1) is 0 Å². The summed E-state index contributed by atoms with van der Waals surface area (Å²) in [5.74, 6) is -2.37. The highest BCUT2D eigenvalue weighted by Gasteiger charge is 2.12. The van der Waals surface area contributed by atoms with Gasteiger partial charge in [-0.3, -0.25) is 0 Å². The third-order valence-electron chi connectivity index (χ3n) is 2.02. The molecule has 5 heteroatoms. The van der Waals surface area contributed by atoms with Crippen molar-refractivity contribution >= 4 is 11.9 Å². The predicted molar refractivity (Wildman–Crippen MR) is 55.7 cm³/mol. The van der Waals surface area contributed by atoms with E-state index in [0.717, 1.165) is 6.07 Å². The maximum atomic E-state index is 10.8. The van der Waals surface area contributed by atoms with Crippen molar-refractivity contribution in [2.45, 2.75) is 19.4 Å². The van der Waals surface area contributed by atoms with Crippen molar-refractivity contribution in [3.05, 3.63) is 34.9 Å². The minimum Gasteiger partial charge on any atom is -0.478 e. The molecule has 0 heterocycles. The van der Waals surface area contributed by atoms with Crippen LogP contribution < -0.4 is 0 Å². The van der Waals surface area contributed by atoms with Gasteiger partial charge in [0.15, 0.2) is 0 Å². The molecule has 0 saturated heterocycles. The van der Waals surface area contributed by atoms with Crippen molar-refractivity contribution in [2.24, 2.45) is 0 Å². The molecule has 86 valence electrons. The van der Waals surface area contributed by atoms with Crippen LogP contribution in [0.25, 0.3) is 0 Å². The van der Waals surface area contributed by atoms with Crippen molar-refractivity contribution in [3.63, 3.8) is 0 Å². The molecule has 0 fully saturated rings. The SMILES string of the molecule is CC(O)Cc1cc(C(=O)O)cc(C(=O)O)c1. The fourth-order valence-electron chi connectivity index (χ4n) is 1.40. The van der Waals surface area contributed by atoms with Gasteiger partial charge in [0.05, 0.1) is 17.2 Å². The van der Waals surface area contributed by atoms with Crippen LogP contribution in [0.15, 0.2) is 18.2 Å². The standard InChI is InChI=1S/C11H12O5/c1-6(12)2-7-3-8(10(13)14)5-9(4-7)11(15)16/h3-6,12H,2H2,1H3,(H,13,14)(H,15,16). The van der Waals surface area contributed by atoms with Crippen LogP contribution in [0.1, 0.15) is 33.2 Å². The molecule has 0 aliphatic heterocycles. The molecule has 0 aromatic heterocycles. The monoisotopic (exact) mass is 224 g/mol. The van der Waals surface area contributed by atoms with Gasteiger partial charge in [0.2, 0.25) is 0 Å². The summed E-state index contributed by atoms with van der Waals surface area (Å²) in [7, 11) is 0. The second kappa shape index (κ2) is 4.76. The molecule has 1 rings (SSSR count). The predicted octanol–water partition coefficient (Wildman–Crippen LogP) is 1.01. The van der Waals surface area contributed by atoms with Crippen LogP contribution in [0.2, 0.25) is 0 Å². The minimum absolute atomic E-state index is 0.0875. The minimum atomic E-state index is -1.19. The topological polar surface area (TPSA) is 94.8 Å². The van der Waals surface area contributed by atoms with Gasteiger partial charge in [0.25, 0.3) is 0 Å². The average molecular weight is 224 g/mol.